The Balaban J connectivity index is 2.02. The standard InChI is InChI=1S/C15H17BrN2OS/c1-10(7-8-11-4-3-9-19-11)18-13-6-2-5-12(16)14(13)15(17)20/h2-6,9-10,18H,7-8H2,1H3,(H2,17,20). The molecule has 0 spiro atoms. The van der Waals surface area contributed by atoms with Crippen LogP contribution in [0.25, 0.3) is 0 Å². The molecule has 0 bridgehead atoms. The Morgan fingerprint density at radius 3 is 2.85 bits per heavy atom. The first kappa shape index (κ1) is 15.1. The Morgan fingerprint density at radius 2 is 2.20 bits per heavy atom. The lowest BCUT2D eigenvalue weighted by Crippen LogP contribution is -2.20. The van der Waals surface area contributed by atoms with Crippen molar-refractivity contribution in [3.63, 3.8) is 0 Å². The Kier molecular flexibility index (Phi) is 5.20. The third kappa shape index (κ3) is 3.84. The number of nitrogens with two attached hydrogens (primary N) is 1. The molecule has 1 atom stereocenters. The molecule has 0 aliphatic carbocycles. The molecule has 1 heterocycles. The Bertz CT molecular complexity index is 584. The molecule has 5 heteroatoms. The van der Waals surface area contributed by atoms with Gasteiger partial charge >= 0.3 is 0 Å². The summed E-state index contributed by atoms with van der Waals surface area (Å²) in [6, 6.07) is 10.1. The molecule has 106 valence electrons. The second kappa shape index (κ2) is 6.90. The van der Waals surface area contributed by atoms with E-state index >= 15 is 0 Å². The van der Waals surface area contributed by atoms with E-state index in [2.05, 4.69) is 28.2 Å². The van der Waals surface area contributed by atoms with E-state index in [1.165, 1.54) is 0 Å². The van der Waals surface area contributed by atoms with Gasteiger partial charge in [0.05, 0.1) is 6.26 Å². The summed E-state index contributed by atoms with van der Waals surface area (Å²) in [6.45, 7) is 2.13. The average Bonchev–Trinajstić information content (AvgIpc) is 2.89. The lowest BCUT2D eigenvalue weighted by Gasteiger charge is -2.18. The summed E-state index contributed by atoms with van der Waals surface area (Å²) in [5, 5.41) is 3.46. The molecule has 0 fully saturated rings. The summed E-state index contributed by atoms with van der Waals surface area (Å²) in [7, 11) is 0. The van der Waals surface area contributed by atoms with E-state index in [4.69, 9.17) is 22.4 Å². The van der Waals surface area contributed by atoms with Gasteiger partial charge in [0, 0.05) is 28.2 Å². The van der Waals surface area contributed by atoms with E-state index in [9.17, 15) is 0 Å². The van der Waals surface area contributed by atoms with Gasteiger partial charge in [0.1, 0.15) is 10.7 Å². The molecule has 0 aliphatic heterocycles. The zero-order valence-electron chi connectivity index (χ0n) is 11.2. The Labute approximate surface area is 132 Å². The topological polar surface area (TPSA) is 51.2 Å². The Morgan fingerprint density at radius 1 is 1.40 bits per heavy atom. The van der Waals surface area contributed by atoms with Crippen LogP contribution in [-0.4, -0.2) is 11.0 Å². The fraction of sp³-hybridized carbons (Fsp3) is 0.267. The zero-order valence-corrected chi connectivity index (χ0v) is 13.6. The van der Waals surface area contributed by atoms with Crippen LogP contribution in [0.1, 0.15) is 24.7 Å². The van der Waals surface area contributed by atoms with Crippen LogP contribution in [0.2, 0.25) is 0 Å². The fourth-order valence-electron chi connectivity index (χ4n) is 2.05. The molecule has 1 aromatic heterocycles. The number of nitrogens with one attached hydrogen (secondary N) is 1. The summed E-state index contributed by atoms with van der Waals surface area (Å²) in [6.07, 6.45) is 3.57. The van der Waals surface area contributed by atoms with Crippen LogP contribution in [0, 0.1) is 0 Å². The highest BCUT2D eigenvalue weighted by Gasteiger charge is 2.12. The highest BCUT2D eigenvalue weighted by atomic mass is 79.9. The van der Waals surface area contributed by atoms with Crippen LogP contribution < -0.4 is 11.1 Å². The minimum atomic E-state index is 0.294. The molecule has 3 N–H and O–H groups in total. The summed E-state index contributed by atoms with van der Waals surface area (Å²) in [4.78, 5) is 0.387. The molecule has 0 saturated heterocycles. The van der Waals surface area contributed by atoms with Crippen molar-refractivity contribution in [2.45, 2.75) is 25.8 Å². The number of hydrogen-bond acceptors (Lipinski definition) is 3. The van der Waals surface area contributed by atoms with Crippen molar-refractivity contribution in [3.8, 4) is 0 Å². The van der Waals surface area contributed by atoms with Gasteiger partial charge in [-0.25, -0.2) is 0 Å². The molecule has 3 nitrogen and oxygen atoms in total. The van der Waals surface area contributed by atoms with Gasteiger partial charge in [-0.05, 0) is 53.5 Å². The first-order chi connectivity index (χ1) is 9.58. The van der Waals surface area contributed by atoms with Gasteiger partial charge in [0.15, 0.2) is 0 Å². The van der Waals surface area contributed by atoms with Crippen molar-refractivity contribution in [1.82, 2.24) is 0 Å². The van der Waals surface area contributed by atoms with Gasteiger partial charge in [-0.3, -0.25) is 0 Å². The number of aryl methyl sites for hydroxylation is 1. The Hall–Kier alpha value is -1.33. The van der Waals surface area contributed by atoms with E-state index < -0.39 is 0 Å². The summed E-state index contributed by atoms with van der Waals surface area (Å²) < 4.78 is 6.25. The van der Waals surface area contributed by atoms with Crippen molar-refractivity contribution >= 4 is 38.8 Å². The van der Waals surface area contributed by atoms with Crippen molar-refractivity contribution in [3.05, 3.63) is 52.4 Å². The smallest absolute Gasteiger partial charge is 0.107 e. The third-order valence-corrected chi connectivity index (χ3v) is 3.93. The molecule has 20 heavy (non-hydrogen) atoms. The number of halogens is 1. The van der Waals surface area contributed by atoms with E-state index in [0.717, 1.165) is 34.3 Å². The maximum absolute atomic E-state index is 5.79. The van der Waals surface area contributed by atoms with Crippen molar-refractivity contribution in [2.24, 2.45) is 5.73 Å². The van der Waals surface area contributed by atoms with E-state index in [1.54, 1.807) is 6.26 Å². The highest BCUT2D eigenvalue weighted by Crippen LogP contribution is 2.25. The van der Waals surface area contributed by atoms with Crippen LogP contribution in [-0.2, 0) is 6.42 Å². The first-order valence-electron chi connectivity index (χ1n) is 6.45. The summed E-state index contributed by atoms with van der Waals surface area (Å²) in [5.74, 6) is 1.00. The number of hydrogen-bond donors (Lipinski definition) is 2. The van der Waals surface area contributed by atoms with Crippen LogP contribution >= 0.6 is 28.1 Å². The number of furan rings is 1. The predicted molar refractivity (Wildman–Crippen MR) is 90.1 cm³/mol. The van der Waals surface area contributed by atoms with Gasteiger partial charge in [0.2, 0.25) is 0 Å². The summed E-state index contributed by atoms with van der Waals surface area (Å²) in [5.41, 5.74) is 7.60. The molecule has 0 amide bonds. The lowest BCUT2D eigenvalue weighted by molar-refractivity contribution is 0.495. The third-order valence-electron chi connectivity index (χ3n) is 3.07. The quantitative estimate of drug-likeness (QED) is 0.768. The summed E-state index contributed by atoms with van der Waals surface area (Å²) >= 11 is 8.60. The number of anilines is 1. The minimum absolute atomic E-state index is 0.294. The van der Waals surface area contributed by atoms with Gasteiger partial charge in [-0.15, -0.1) is 0 Å². The SMILES string of the molecule is CC(CCc1ccco1)Nc1cccc(Br)c1C(N)=S. The number of rotatable bonds is 6. The largest absolute Gasteiger partial charge is 0.469 e. The van der Waals surface area contributed by atoms with E-state index in [0.29, 0.717) is 11.0 Å². The van der Waals surface area contributed by atoms with Gasteiger partial charge < -0.3 is 15.5 Å². The molecular formula is C15H17BrN2OS. The lowest BCUT2D eigenvalue weighted by atomic mass is 10.1. The van der Waals surface area contributed by atoms with Crippen molar-refractivity contribution in [2.75, 3.05) is 5.32 Å². The normalized spacial score (nSPS) is 12.1. The maximum Gasteiger partial charge on any atom is 0.107 e. The average molecular weight is 353 g/mol. The maximum atomic E-state index is 5.79. The molecule has 0 aliphatic rings. The van der Waals surface area contributed by atoms with Crippen LogP contribution in [0.5, 0.6) is 0 Å². The van der Waals surface area contributed by atoms with Crippen LogP contribution in [0.15, 0.2) is 45.5 Å². The number of benzene rings is 1. The van der Waals surface area contributed by atoms with Crippen molar-refractivity contribution in [1.29, 1.82) is 0 Å². The van der Waals surface area contributed by atoms with E-state index in [-0.39, 0.29) is 0 Å². The van der Waals surface area contributed by atoms with E-state index in [1.807, 2.05) is 30.3 Å². The minimum Gasteiger partial charge on any atom is -0.469 e. The number of thiocarbonyl (C=S) groups is 1. The van der Waals surface area contributed by atoms with Gasteiger partial charge in [-0.1, -0.05) is 18.3 Å². The highest BCUT2D eigenvalue weighted by molar-refractivity contribution is 9.10. The molecule has 2 rings (SSSR count). The molecule has 2 aromatic rings. The molecule has 0 saturated carbocycles. The second-order valence-corrected chi connectivity index (χ2v) is 5.98. The molecule has 1 aromatic carbocycles. The molecule has 1 unspecified atom stereocenters. The fourth-order valence-corrected chi connectivity index (χ4v) is 2.98. The van der Waals surface area contributed by atoms with Gasteiger partial charge in [0.25, 0.3) is 0 Å². The molecule has 0 radical (unpaired) electrons. The van der Waals surface area contributed by atoms with Gasteiger partial charge in [-0.2, -0.15) is 0 Å². The predicted octanol–water partition coefficient (Wildman–Crippen LogP) is 4.11. The second-order valence-electron chi connectivity index (χ2n) is 4.69. The van der Waals surface area contributed by atoms with Crippen LogP contribution in [0.3, 0.4) is 0 Å². The first-order valence-corrected chi connectivity index (χ1v) is 7.65. The van der Waals surface area contributed by atoms with Crippen molar-refractivity contribution < 1.29 is 4.42 Å². The van der Waals surface area contributed by atoms with Crippen LogP contribution in [0.4, 0.5) is 5.69 Å². The molecular weight excluding hydrogens is 336 g/mol. The zero-order chi connectivity index (χ0) is 14.5. The monoisotopic (exact) mass is 352 g/mol.